The standard InChI is InChI=1S/C8H15NO.C6H17NOS.C2H6/c1-7(2)9-5-4-8(6-9)10-3;1-6(2,3)9(4,5)8-7;1-2/h8H,1,4-6H2,2-3H3;7H2,1-5H3;1-2H3. The molecule has 0 bridgehead atoms. The summed E-state index contributed by atoms with van der Waals surface area (Å²) in [5, 5.41) is 0. The highest BCUT2D eigenvalue weighted by atomic mass is 32.3. The summed E-state index contributed by atoms with van der Waals surface area (Å²) in [4.78, 5) is 2.26. The second kappa shape index (κ2) is 10.5. The van der Waals surface area contributed by atoms with Crippen LogP contribution in [0.3, 0.4) is 0 Å². The lowest BCUT2D eigenvalue weighted by atomic mass is 10.3. The number of rotatable bonds is 3. The first kappa shape index (κ1) is 23.0. The van der Waals surface area contributed by atoms with Gasteiger partial charge in [-0.25, -0.2) is 5.90 Å². The molecule has 1 aliphatic rings. The van der Waals surface area contributed by atoms with E-state index in [4.69, 9.17) is 14.9 Å². The zero-order chi connectivity index (χ0) is 17.3. The van der Waals surface area contributed by atoms with E-state index in [1.54, 1.807) is 7.11 Å². The van der Waals surface area contributed by atoms with E-state index >= 15 is 0 Å². The van der Waals surface area contributed by atoms with Gasteiger partial charge in [0, 0.05) is 30.6 Å². The van der Waals surface area contributed by atoms with Crippen molar-refractivity contribution in [2.45, 2.75) is 58.8 Å². The maximum atomic E-state index is 5.21. The van der Waals surface area contributed by atoms with Gasteiger partial charge in [-0.1, -0.05) is 41.2 Å². The molecule has 5 heteroatoms. The molecule has 0 aromatic heterocycles. The Morgan fingerprint density at radius 1 is 1.29 bits per heavy atom. The van der Waals surface area contributed by atoms with Crippen LogP contribution in [0.15, 0.2) is 12.3 Å². The van der Waals surface area contributed by atoms with Crippen LogP contribution >= 0.6 is 10.3 Å². The molecule has 1 rings (SSSR count). The number of nitrogens with two attached hydrogens (primary N) is 1. The van der Waals surface area contributed by atoms with Gasteiger partial charge in [0.05, 0.1) is 6.10 Å². The molecule has 0 saturated carbocycles. The molecule has 1 atom stereocenters. The van der Waals surface area contributed by atoms with Crippen LogP contribution < -0.4 is 5.90 Å². The van der Waals surface area contributed by atoms with E-state index in [1.165, 1.54) is 0 Å². The van der Waals surface area contributed by atoms with E-state index in [2.05, 4.69) is 44.8 Å². The Bertz CT molecular complexity index is 288. The van der Waals surface area contributed by atoms with Crippen molar-refractivity contribution >= 4 is 10.3 Å². The van der Waals surface area contributed by atoms with Crippen molar-refractivity contribution in [1.29, 1.82) is 0 Å². The van der Waals surface area contributed by atoms with Gasteiger partial charge in [-0.05, 0) is 25.9 Å². The molecule has 4 nitrogen and oxygen atoms in total. The Morgan fingerprint density at radius 2 is 1.76 bits per heavy atom. The minimum atomic E-state index is -1.06. The molecule has 1 unspecified atom stereocenters. The third-order valence-electron chi connectivity index (χ3n) is 3.73. The molecule has 1 saturated heterocycles. The van der Waals surface area contributed by atoms with Gasteiger partial charge in [0.2, 0.25) is 0 Å². The first-order valence-corrected chi connectivity index (χ1v) is 9.97. The first-order chi connectivity index (χ1) is 9.55. The second-order valence-corrected chi connectivity index (χ2v) is 10.2. The molecule has 1 aliphatic heterocycles. The molecule has 130 valence electrons. The Labute approximate surface area is 134 Å². The molecular formula is C16H38N2O2S. The van der Waals surface area contributed by atoms with Crippen LogP contribution in [-0.4, -0.2) is 48.5 Å². The molecule has 0 spiro atoms. The lowest BCUT2D eigenvalue weighted by Gasteiger charge is -2.41. The van der Waals surface area contributed by atoms with E-state index in [0.717, 1.165) is 25.2 Å². The Hall–Kier alpha value is -0.230. The number of hydrogen-bond acceptors (Lipinski definition) is 4. The van der Waals surface area contributed by atoms with Gasteiger partial charge >= 0.3 is 0 Å². The lowest BCUT2D eigenvalue weighted by Crippen LogP contribution is -2.26. The summed E-state index contributed by atoms with van der Waals surface area (Å²) in [5.41, 5.74) is 1.15. The monoisotopic (exact) mass is 322 g/mol. The summed E-state index contributed by atoms with van der Waals surface area (Å²) in [7, 11) is 0.713. The summed E-state index contributed by atoms with van der Waals surface area (Å²) in [6, 6.07) is 0. The van der Waals surface area contributed by atoms with Crippen LogP contribution in [0.1, 0.15) is 48.0 Å². The Morgan fingerprint density at radius 3 is 1.90 bits per heavy atom. The predicted molar refractivity (Wildman–Crippen MR) is 97.6 cm³/mol. The van der Waals surface area contributed by atoms with Crippen molar-refractivity contribution in [1.82, 2.24) is 4.90 Å². The van der Waals surface area contributed by atoms with Gasteiger partial charge in [-0.3, -0.25) is 4.28 Å². The number of ether oxygens (including phenoxy) is 1. The van der Waals surface area contributed by atoms with E-state index in [1.807, 2.05) is 20.8 Å². The Balaban J connectivity index is 0. The Kier molecular flexibility index (Phi) is 11.5. The molecule has 0 aromatic rings. The first-order valence-electron chi connectivity index (χ1n) is 7.59. The fourth-order valence-electron chi connectivity index (χ4n) is 1.41. The number of nitrogens with zero attached hydrogens (tertiary/aromatic N) is 1. The van der Waals surface area contributed by atoms with E-state index in [9.17, 15) is 0 Å². The zero-order valence-corrected chi connectivity index (χ0v) is 16.5. The van der Waals surface area contributed by atoms with Gasteiger partial charge in [0.15, 0.2) is 0 Å². The quantitative estimate of drug-likeness (QED) is 0.800. The molecule has 0 radical (unpaired) electrons. The van der Waals surface area contributed by atoms with Crippen molar-refractivity contribution < 1.29 is 9.02 Å². The van der Waals surface area contributed by atoms with E-state index in [0.29, 0.717) is 6.10 Å². The SMILES string of the molecule is C=C(C)N1CCC(OC)C1.CC.CC(C)(C)S(C)(C)ON. The smallest absolute Gasteiger partial charge is 0.0762 e. The summed E-state index contributed by atoms with van der Waals surface area (Å²) in [6.45, 7) is 18.4. The fourth-order valence-corrected chi connectivity index (χ4v) is 1.70. The van der Waals surface area contributed by atoms with Crippen LogP contribution in [-0.2, 0) is 9.02 Å². The number of allylic oxidation sites excluding steroid dienone is 1. The lowest BCUT2D eigenvalue weighted by molar-refractivity contribution is 0.112. The topological polar surface area (TPSA) is 47.7 Å². The summed E-state index contributed by atoms with van der Waals surface area (Å²) in [5.74, 6) is 5.13. The maximum absolute atomic E-state index is 5.21. The maximum Gasteiger partial charge on any atom is 0.0762 e. The van der Waals surface area contributed by atoms with Crippen LogP contribution in [0, 0.1) is 0 Å². The molecule has 0 aliphatic carbocycles. The fraction of sp³-hybridized carbons (Fsp3) is 0.875. The molecule has 1 fully saturated rings. The van der Waals surface area contributed by atoms with E-state index < -0.39 is 10.3 Å². The highest BCUT2D eigenvalue weighted by molar-refractivity contribution is 8.29. The largest absolute Gasteiger partial charge is 0.380 e. The molecule has 0 aromatic carbocycles. The molecule has 2 N–H and O–H groups in total. The minimum Gasteiger partial charge on any atom is -0.380 e. The van der Waals surface area contributed by atoms with Crippen LogP contribution in [0.4, 0.5) is 0 Å². The molecular weight excluding hydrogens is 284 g/mol. The highest BCUT2D eigenvalue weighted by Gasteiger charge is 2.28. The molecule has 21 heavy (non-hydrogen) atoms. The number of likely N-dealkylation sites (tertiary alicyclic amines) is 1. The van der Waals surface area contributed by atoms with Gasteiger partial charge < -0.3 is 9.64 Å². The second-order valence-electron chi connectivity index (χ2n) is 6.27. The van der Waals surface area contributed by atoms with Gasteiger partial charge in [-0.15, -0.1) is 10.3 Å². The van der Waals surface area contributed by atoms with E-state index in [-0.39, 0.29) is 4.75 Å². The van der Waals surface area contributed by atoms with Crippen molar-refractivity contribution in [2.24, 2.45) is 5.90 Å². The molecule has 1 heterocycles. The zero-order valence-electron chi connectivity index (χ0n) is 15.7. The third kappa shape index (κ3) is 8.71. The highest BCUT2D eigenvalue weighted by Crippen LogP contribution is 2.51. The van der Waals surface area contributed by atoms with Gasteiger partial charge in [0.1, 0.15) is 0 Å². The van der Waals surface area contributed by atoms with Gasteiger partial charge in [0.25, 0.3) is 0 Å². The van der Waals surface area contributed by atoms with Crippen molar-refractivity contribution in [3.8, 4) is 0 Å². The van der Waals surface area contributed by atoms with Crippen LogP contribution in [0.5, 0.6) is 0 Å². The van der Waals surface area contributed by atoms with Crippen LogP contribution in [0.2, 0.25) is 0 Å². The van der Waals surface area contributed by atoms with Crippen molar-refractivity contribution in [3.63, 3.8) is 0 Å². The van der Waals surface area contributed by atoms with Crippen molar-refractivity contribution in [2.75, 3.05) is 32.7 Å². The minimum absolute atomic E-state index is 0.182. The third-order valence-corrected chi connectivity index (χ3v) is 7.16. The number of hydrogen-bond donors (Lipinski definition) is 1. The normalized spacial score (nSPS) is 19.1. The summed E-state index contributed by atoms with van der Waals surface area (Å²) >= 11 is 0. The summed E-state index contributed by atoms with van der Waals surface area (Å²) in [6.07, 6.45) is 5.69. The van der Waals surface area contributed by atoms with Crippen LogP contribution in [0.25, 0.3) is 0 Å². The van der Waals surface area contributed by atoms with Crippen molar-refractivity contribution in [3.05, 3.63) is 12.3 Å². The predicted octanol–water partition coefficient (Wildman–Crippen LogP) is 3.92. The summed E-state index contributed by atoms with van der Waals surface area (Å²) < 4.78 is 10.3. The average Bonchev–Trinajstić information content (AvgIpc) is 2.89. The average molecular weight is 323 g/mol. The van der Waals surface area contributed by atoms with Gasteiger partial charge in [-0.2, -0.15) is 0 Å². The molecule has 0 amide bonds. The number of methoxy groups -OCH3 is 1.